The normalized spacial score (nSPS) is 23.9. The molecule has 0 radical (unpaired) electrons. The summed E-state index contributed by atoms with van der Waals surface area (Å²) < 4.78 is 0. The van der Waals surface area contributed by atoms with E-state index in [1.54, 1.807) is 0 Å². The van der Waals surface area contributed by atoms with Gasteiger partial charge < -0.3 is 10.2 Å². The fourth-order valence-electron chi connectivity index (χ4n) is 2.95. The van der Waals surface area contributed by atoms with Crippen molar-refractivity contribution in [3.8, 4) is 0 Å². The van der Waals surface area contributed by atoms with E-state index in [0.29, 0.717) is 12.0 Å². The molecule has 0 saturated carbocycles. The summed E-state index contributed by atoms with van der Waals surface area (Å²) in [6.45, 7) is 9.16. The Hall–Kier alpha value is -1.02. The maximum Gasteiger partial charge on any atom is 0.0368 e. The summed E-state index contributed by atoms with van der Waals surface area (Å²) in [5, 5.41) is 3.31. The van der Waals surface area contributed by atoms with Crippen LogP contribution in [0.3, 0.4) is 0 Å². The van der Waals surface area contributed by atoms with Crippen LogP contribution >= 0.6 is 0 Å². The maximum absolute atomic E-state index is 3.31. The monoisotopic (exact) mass is 246 g/mol. The Morgan fingerprint density at radius 3 is 2.50 bits per heavy atom. The number of rotatable bonds is 4. The van der Waals surface area contributed by atoms with Crippen molar-refractivity contribution in [3.63, 3.8) is 0 Å². The Balaban J connectivity index is 2.08. The first-order valence-corrected chi connectivity index (χ1v) is 7.14. The van der Waals surface area contributed by atoms with Crippen LogP contribution in [0.1, 0.15) is 38.7 Å². The van der Waals surface area contributed by atoms with Crippen molar-refractivity contribution in [1.82, 2.24) is 5.32 Å². The Morgan fingerprint density at radius 2 is 1.94 bits per heavy atom. The molecule has 2 heteroatoms. The molecule has 2 atom stereocenters. The van der Waals surface area contributed by atoms with E-state index in [0.717, 1.165) is 12.5 Å². The highest BCUT2D eigenvalue weighted by Crippen LogP contribution is 2.30. The number of nitrogens with one attached hydrogen (secondary N) is 1. The molecule has 1 heterocycles. The largest absolute Gasteiger partial charge is 0.368 e. The first kappa shape index (κ1) is 13.4. The number of benzene rings is 1. The molecular weight excluding hydrogens is 220 g/mol. The molecule has 0 spiro atoms. The average Bonchev–Trinajstić information content (AvgIpc) is 2.72. The Morgan fingerprint density at radius 1 is 1.28 bits per heavy atom. The quantitative estimate of drug-likeness (QED) is 0.877. The van der Waals surface area contributed by atoms with Crippen LogP contribution in [0.25, 0.3) is 0 Å². The Kier molecular flexibility index (Phi) is 4.28. The van der Waals surface area contributed by atoms with Crippen LogP contribution in [0.4, 0.5) is 5.69 Å². The van der Waals surface area contributed by atoms with Gasteiger partial charge in [0.05, 0.1) is 0 Å². The van der Waals surface area contributed by atoms with E-state index in [2.05, 4.69) is 55.3 Å². The molecule has 1 aliphatic heterocycles. The number of hydrogen-bond donors (Lipinski definition) is 1. The van der Waals surface area contributed by atoms with Gasteiger partial charge in [-0.25, -0.2) is 0 Å². The predicted octanol–water partition coefficient (Wildman–Crippen LogP) is 3.24. The van der Waals surface area contributed by atoms with Crippen molar-refractivity contribution in [1.29, 1.82) is 0 Å². The van der Waals surface area contributed by atoms with Gasteiger partial charge in [-0.3, -0.25) is 0 Å². The molecule has 100 valence electrons. The standard InChI is InChI=1S/C16H26N2/c1-12(2)14-5-7-16(8-6-14)18-10-9-15(11-17-4)13(18)3/h5-8,12-13,15,17H,9-11H2,1-4H3. The zero-order chi connectivity index (χ0) is 13.1. The van der Waals surface area contributed by atoms with Crippen LogP contribution in [-0.2, 0) is 0 Å². The highest BCUT2D eigenvalue weighted by molar-refractivity contribution is 5.50. The lowest BCUT2D eigenvalue weighted by molar-refractivity contribution is 0.473. The summed E-state index contributed by atoms with van der Waals surface area (Å²) in [6.07, 6.45) is 1.30. The van der Waals surface area contributed by atoms with Gasteiger partial charge in [-0.1, -0.05) is 26.0 Å². The van der Waals surface area contributed by atoms with Gasteiger partial charge in [0.1, 0.15) is 0 Å². The van der Waals surface area contributed by atoms with Crippen molar-refractivity contribution in [2.75, 3.05) is 25.0 Å². The topological polar surface area (TPSA) is 15.3 Å². The molecule has 1 fully saturated rings. The van der Waals surface area contributed by atoms with E-state index in [1.807, 2.05) is 7.05 Å². The minimum atomic E-state index is 0.618. The van der Waals surface area contributed by atoms with E-state index in [4.69, 9.17) is 0 Å². The second-order valence-electron chi connectivity index (χ2n) is 5.79. The smallest absolute Gasteiger partial charge is 0.0368 e. The second-order valence-corrected chi connectivity index (χ2v) is 5.79. The average molecular weight is 246 g/mol. The molecule has 1 aromatic rings. The van der Waals surface area contributed by atoms with Crippen LogP contribution in [0.15, 0.2) is 24.3 Å². The molecule has 2 unspecified atom stereocenters. The zero-order valence-electron chi connectivity index (χ0n) is 12.1. The Labute approximate surface area is 111 Å². The van der Waals surface area contributed by atoms with Crippen LogP contribution in [0.5, 0.6) is 0 Å². The molecule has 1 saturated heterocycles. The molecule has 0 aromatic heterocycles. The molecule has 1 aliphatic rings. The van der Waals surface area contributed by atoms with Crippen molar-refractivity contribution < 1.29 is 0 Å². The summed E-state index contributed by atoms with van der Waals surface area (Å²) in [5.41, 5.74) is 2.81. The highest BCUT2D eigenvalue weighted by atomic mass is 15.2. The minimum Gasteiger partial charge on any atom is -0.368 e. The molecule has 2 nitrogen and oxygen atoms in total. The number of hydrogen-bond acceptors (Lipinski definition) is 2. The van der Waals surface area contributed by atoms with E-state index >= 15 is 0 Å². The first-order chi connectivity index (χ1) is 8.63. The maximum atomic E-state index is 3.31. The highest BCUT2D eigenvalue weighted by Gasteiger charge is 2.29. The van der Waals surface area contributed by atoms with E-state index < -0.39 is 0 Å². The summed E-state index contributed by atoms with van der Waals surface area (Å²) in [7, 11) is 2.05. The van der Waals surface area contributed by atoms with Crippen LogP contribution in [0.2, 0.25) is 0 Å². The van der Waals surface area contributed by atoms with E-state index in [1.165, 1.54) is 24.2 Å². The van der Waals surface area contributed by atoms with Gasteiger partial charge in [0.2, 0.25) is 0 Å². The molecular formula is C16H26N2. The summed E-state index contributed by atoms with van der Waals surface area (Å²) in [6, 6.07) is 9.76. The Bertz CT molecular complexity index is 369. The lowest BCUT2D eigenvalue weighted by Crippen LogP contribution is -2.33. The third-order valence-corrected chi connectivity index (χ3v) is 4.27. The lowest BCUT2D eigenvalue weighted by atomic mass is 10.0. The van der Waals surface area contributed by atoms with E-state index in [-0.39, 0.29) is 0 Å². The van der Waals surface area contributed by atoms with Crippen molar-refractivity contribution in [2.24, 2.45) is 5.92 Å². The molecule has 1 aromatic carbocycles. The third kappa shape index (κ3) is 2.69. The molecule has 18 heavy (non-hydrogen) atoms. The summed E-state index contributed by atoms with van der Waals surface area (Å²) in [4.78, 5) is 2.55. The number of anilines is 1. The molecule has 2 rings (SSSR count). The van der Waals surface area contributed by atoms with Crippen LogP contribution < -0.4 is 10.2 Å². The van der Waals surface area contributed by atoms with Crippen molar-refractivity contribution in [3.05, 3.63) is 29.8 Å². The minimum absolute atomic E-state index is 0.618. The molecule has 0 bridgehead atoms. The first-order valence-electron chi connectivity index (χ1n) is 7.14. The van der Waals surface area contributed by atoms with Gasteiger partial charge in [0, 0.05) is 18.3 Å². The summed E-state index contributed by atoms with van der Waals surface area (Å²) >= 11 is 0. The van der Waals surface area contributed by atoms with Crippen LogP contribution in [0, 0.1) is 5.92 Å². The van der Waals surface area contributed by atoms with Crippen molar-refractivity contribution in [2.45, 2.75) is 39.2 Å². The number of nitrogens with zero attached hydrogens (tertiary/aromatic N) is 1. The van der Waals surface area contributed by atoms with Gasteiger partial charge in [0.25, 0.3) is 0 Å². The molecule has 1 N–H and O–H groups in total. The van der Waals surface area contributed by atoms with Crippen molar-refractivity contribution >= 4 is 5.69 Å². The van der Waals surface area contributed by atoms with Crippen LogP contribution in [-0.4, -0.2) is 26.2 Å². The lowest BCUT2D eigenvalue weighted by Gasteiger charge is -2.27. The fraction of sp³-hybridized carbons (Fsp3) is 0.625. The van der Waals surface area contributed by atoms with Gasteiger partial charge in [-0.15, -0.1) is 0 Å². The van der Waals surface area contributed by atoms with Gasteiger partial charge in [-0.2, -0.15) is 0 Å². The van der Waals surface area contributed by atoms with Gasteiger partial charge in [0.15, 0.2) is 0 Å². The zero-order valence-corrected chi connectivity index (χ0v) is 12.1. The summed E-state index contributed by atoms with van der Waals surface area (Å²) in [5.74, 6) is 1.40. The van der Waals surface area contributed by atoms with Gasteiger partial charge in [-0.05, 0) is 56.5 Å². The predicted molar refractivity (Wildman–Crippen MR) is 79.4 cm³/mol. The van der Waals surface area contributed by atoms with E-state index in [9.17, 15) is 0 Å². The third-order valence-electron chi connectivity index (χ3n) is 4.27. The molecule has 0 aliphatic carbocycles. The second kappa shape index (κ2) is 5.75. The molecule has 0 amide bonds. The fourth-order valence-corrected chi connectivity index (χ4v) is 2.95. The SMILES string of the molecule is CNCC1CCN(c2ccc(C(C)C)cc2)C1C. The van der Waals surface area contributed by atoms with Gasteiger partial charge >= 0.3 is 0 Å².